The van der Waals surface area contributed by atoms with Crippen molar-refractivity contribution in [3.8, 4) is 6.07 Å². The topological polar surface area (TPSA) is 40.9 Å². The first-order valence-electron chi connectivity index (χ1n) is 12.0. The van der Waals surface area contributed by atoms with Crippen LogP contribution in [0.4, 0.5) is 0 Å². The van der Waals surface area contributed by atoms with Crippen molar-refractivity contribution >= 4 is 5.78 Å². The van der Waals surface area contributed by atoms with Gasteiger partial charge < -0.3 is 0 Å². The van der Waals surface area contributed by atoms with Gasteiger partial charge in [0.25, 0.3) is 0 Å². The molecule has 8 atom stereocenters. The van der Waals surface area contributed by atoms with Gasteiger partial charge in [0, 0.05) is 12.8 Å². The van der Waals surface area contributed by atoms with Gasteiger partial charge >= 0.3 is 0 Å². The van der Waals surface area contributed by atoms with Crippen molar-refractivity contribution in [1.29, 1.82) is 5.26 Å². The Labute approximate surface area is 172 Å². The van der Waals surface area contributed by atoms with Gasteiger partial charge in [0.15, 0.2) is 5.78 Å². The van der Waals surface area contributed by atoms with Gasteiger partial charge in [-0.05, 0) is 104 Å². The Kier molecular flexibility index (Phi) is 5.26. The van der Waals surface area contributed by atoms with E-state index in [1.165, 1.54) is 44.1 Å². The zero-order chi connectivity index (χ0) is 20.1. The molecule has 4 aliphatic rings. The molecule has 3 fully saturated rings. The number of nitriles is 1. The van der Waals surface area contributed by atoms with E-state index < -0.39 is 0 Å². The quantitative estimate of drug-likeness (QED) is 0.543. The molecule has 0 bridgehead atoms. The Morgan fingerprint density at radius 2 is 2.00 bits per heavy atom. The fraction of sp³-hybridized carbons (Fsp3) is 0.846. The van der Waals surface area contributed by atoms with E-state index in [0.717, 1.165) is 42.9 Å². The van der Waals surface area contributed by atoms with Gasteiger partial charge in [0.05, 0.1) is 6.07 Å². The molecule has 2 heteroatoms. The number of nitrogens with zero attached hydrogens (tertiary/aromatic N) is 1. The molecule has 3 saturated carbocycles. The van der Waals surface area contributed by atoms with Crippen LogP contribution in [0.5, 0.6) is 0 Å². The highest BCUT2D eigenvalue weighted by molar-refractivity contribution is 5.91. The van der Waals surface area contributed by atoms with E-state index >= 15 is 0 Å². The molecule has 0 aromatic heterocycles. The largest absolute Gasteiger partial charge is 0.295 e. The zero-order valence-electron chi connectivity index (χ0n) is 18.5. The van der Waals surface area contributed by atoms with Crippen molar-refractivity contribution in [2.75, 3.05) is 0 Å². The predicted octanol–water partition coefficient (Wildman–Crippen LogP) is 6.71. The van der Waals surface area contributed by atoms with Gasteiger partial charge in [-0.15, -0.1) is 0 Å². The van der Waals surface area contributed by atoms with Crippen molar-refractivity contribution in [3.63, 3.8) is 0 Å². The van der Waals surface area contributed by atoms with Gasteiger partial charge in [-0.1, -0.05) is 33.3 Å². The lowest BCUT2D eigenvalue weighted by atomic mass is 9.44. The first-order valence-corrected chi connectivity index (χ1v) is 12.0. The van der Waals surface area contributed by atoms with Crippen molar-refractivity contribution in [3.05, 3.63) is 11.6 Å². The molecule has 0 heterocycles. The normalized spacial score (nSPS) is 46.0. The first kappa shape index (κ1) is 20.2. The Bertz CT molecular complexity index is 702. The first-order chi connectivity index (χ1) is 13.3. The smallest absolute Gasteiger partial charge is 0.155 e. The van der Waals surface area contributed by atoms with Crippen molar-refractivity contribution in [1.82, 2.24) is 0 Å². The average Bonchev–Trinajstić information content (AvgIpc) is 3.03. The number of carbonyl (C=O) groups is 1. The van der Waals surface area contributed by atoms with Gasteiger partial charge in [-0.2, -0.15) is 5.26 Å². The Morgan fingerprint density at radius 3 is 2.71 bits per heavy atom. The lowest BCUT2D eigenvalue weighted by molar-refractivity contribution is -0.118. The maximum absolute atomic E-state index is 12.2. The summed E-state index contributed by atoms with van der Waals surface area (Å²) in [7, 11) is 0. The number of hydrogen-bond donors (Lipinski definition) is 0. The van der Waals surface area contributed by atoms with E-state index in [2.05, 4.69) is 39.8 Å². The van der Waals surface area contributed by atoms with Crippen molar-refractivity contribution in [2.24, 2.45) is 46.3 Å². The average molecular weight is 382 g/mol. The van der Waals surface area contributed by atoms with Crippen LogP contribution in [-0.2, 0) is 4.79 Å². The van der Waals surface area contributed by atoms with Crippen LogP contribution in [0.25, 0.3) is 0 Å². The molecule has 0 spiro atoms. The monoisotopic (exact) mass is 381 g/mol. The van der Waals surface area contributed by atoms with Gasteiger partial charge in [0.2, 0.25) is 0 Å². The van der Waals surface area contributed by atoms with Crippen LogP contribution < -0.4 is 0 Å². The minimum Gasteiger partial charge on any atom is -0.295 e. The second kappa shape index (κ2) is 7.30. The maximum Gasteiger partial charge on any atom is 0.155 e. The van der Waals surface area contributed by atoms with Crippen LogP contribution >= 0.6 is 0 Å². The van der Waals surface area contributed by atoms with Gasteiger partial charge in [0.1, 0.15) is 0 Å². The molecule has 0 amide bonds. The molecule has 4 aliphatic carbocycles. The summed E-state index contributed by atoms with van der Waals surface area (Å²) in [5.74, 6) is 4.93. The molecule has 0 N–H and O–H groups in total. The van der Waals surface area contributed by atoms with E-state index in [9.17, 15) is 4.79 Å². The third kappa shape index (κ3) is 2.91. The minimum absolute atomic E-state index is 0.267. The summed E-state index contributed by atoms with van der Waals surface area (Å²) in [6, 6.07) is 2.37. The lowest BCUT2D eigenvalue weighted by Crippen LogP contribution is -2.53. The molecule has 0 radical (unpaired) electrons. The van der Waals surface area contributed by atoms with Gasteiger partial charge in [-0.25, -0.2) is 0 Å². The van der Waals surface area contributed by atoms with E-state index in [1.54, 1.807) is 0 Å². The number of carbonyl (C=O) groups excluding carboxylic acids is 1. The summed E-state index contributed by atoms with van der Waals surface area (Å²) in [4.78, 5) is 12.2. The molecule has 4 rings (SSSR count). The molecule has 2 nitrogen and oxygen atoms in total. The summed E-state index contributed by atoms with van der Waals surface area (Å²) in [5.41, 5.74) is 2.26. The molecule has 0 aliphatic heterocycles. The Balaban J connectivity index is 1.63. The molecular weight excluding hydrogens is 342 g/mol. The molecule has 0 aromatic carbocycles. The fourth-order valence-corrected chi connectivity index (χ4v) is 8.64. The highest BCUT2D eigenvalue weighted by Gasteiger charge is 2.60. The van der Waals surface area contributed by atoms with Crippen LogP contribution in [0.15, 0.2) is 11.6 Å². The van der Waals surface area contributed by atoms with Crippen LogP contribution in [-0.4, -0.2) is 5.78 Å². The van der Waals surface area contributed by atoms with E-state index in [4.69, 9.17) is 5.26 Å². The van der Waals surface area contributed by atoms with Crippen LogP contribution in [0.3, 0.4) is 0 Å². The summed E-state index contributed by atoms with van der Waals surface area (Å²) in [6.07, 6.45) is 13.7. The minimum atomic E-state index is 0.267. The number of allylic oxidation sites excluding steroid dienone is 1. The van der Waals surface area contributed by atoms with Gasteiger partial charge in [-0.3, -0.25) is 4.79 Å². The molecule has 8 unspecified atom stereocenters. The third-order valence-corrected chi connectivity index (χ3v) is 10.1. The molecule has 28 heavy (non-hydrogen) atoms. The third-order valence-electron chi connectivity index (χ3n) is 10.1. The summed E-state index contributed by atoms with van der Waals surface area (Å²) >= 11 is 0. The lowest BCUT2D eigenvalue weighted by Gasteiger charge is -2.60. The summed E-state index contributed by atoms with van der Waals surface area (Å²) in [6.45, 7) is 9.85. The maximum atomic E-state index is 12.2. The Morgan fingerprint density at radius 1 is 1.21 bits per heavy atom. The number of hydrogen-bond acceptors (Lipinski definition) is 2. The van der Waals surface area contributed by atoms with E-state index in [1.807, 2.05) is 0 Å². The second-order valence-electron chi connectivity index (χ2n) is 11.1. The predicted molar refractivity (Wildman–Crippen MR) is 113 cm³/mol. The highest BCUT2D eigenvalue weighted by atomic mass is 16.1. The summed E-state index contributed by atoms with van der Waals surface area (Å²) in [5, 5.41) is 9.04. The van der Waals surface area contributed by atoms with Crippen molar-refractivity contribution < 1.29 is 4.79 Å². The molecule has 0 saturated heterocycles. The molecule has 0 aromatic rings. The zero-order valence-corrected chi connectivity index (χ0v) is 18.5. The molecule has 154 valence electrons. The standard InChI is InChI=1S/C26H39NO/c1-5-18-15-20-22-9-8-21(17(2)7-6-14-27)25(22,3)13-11-23(20)26(4)12-10-19(28)16-24(18)26/h16-18,20-23H,5-13,15H2,1-4H3. The van der Waals surface area contributed by atoms with E-state index in [-0.39, 0.29) is 5.41 Å². The Hall–Kier alpha value is -1.10. The van der Waals surface area contributed by atoms with Crippen LogP contribution in [0, 0.1) is 57.7 Å². The molecular formula is C26H39NO. The van der Waals surface area contributed by atoms with Crippen molar-refractivity contribution in [2.45, 2.75) is 91.9 Å². The summed E-state index contributed by atoms with van der Waals surface area (Å²) < 4.78 is 0. The van der Waals surface area contributed by atoms with Crippen LogP contribution in [0.2, 0.25) is 0 Å². The number of fused-ring (bicyclic) bond motifs is 5. The SMILES string of the molecule is CCC1CC2C(CCC3(C)C(C(C)CCC#N)CCC23)C2(C)CCC(=O)C=C12. The van der Waals surface area contributed by atoms with Crippen LogP contribution in [0.1, 0.15) is 91.9 Å². The second-order valence-corrected chi connectivity index (χ2v) is 11.1. The van der Waals surface area contributed by atoms with E-state index in [0.29, 0.717) is 29.5 Å². The fourth-order valence-electron chi connectivity index (χ4n) is 8.64. The number of rotatable bonds is 4. The number of ketones is 1. The highest BCUT2D eigenvalue weighted by Crippen LogP contribution is 2.68.